The second-order valence-corrected chi connectivity index (χ2v) is 8.03. The van der Waals surface area contributed by atoms with Crippen molar-refractivity contribution < 1.29 is 8.42 Å². The Balaban J connectivity index is 2.83. The molecular formula is C17H30N4O2S. The summed E-state index contributed by atoms with van der Waals surface area (Å²) in [6, 6.07) is 6.90. The minimum atomic E-state index is -3.38. The maximum Gasteiger partial charge on any atom is 0.242 e. The molecule has 1 rings (SSSR count). The van der Waals surface area contributed by atoms with E-state index in [2.05, 4.69) is 22.1 Å². The molecule has 0 amide bonds. The fourth-order valence-corrected chi connectivity index (χ4v) is 3.02. The molecule has 0 radical (unpaired) electrons. The van der Waals surface area contributed by atoms with Gasteiger partial charge in [-0.2, -0.15) is 0 Å². The Labute approximate surface area is 146 Å². The lowest BCUT2D eigenvalue weighted by atomic mass is 10.2. The van der Waals surface area contributed by atoms with Gasteiger partial charge in [0.25, 0.3) is 0 Å². The van der Waals surface area contributed by atoms with Crippen molar-refractivity contribution in [1.29, 1.82) is 0 Å². The average molecular weight is 355 g/mol. The van der Waals surface area contributed by atoms with Gasteiger partial charge in [-0.05, 0) is 31.0 Å². The van der Waals surface area contributed by atoms with Crippen LogP contribution in [0, 0.1) is 0 Å². The molecule has 0 spiro atoms. The van der Waals surface area contributed by atoms with E-state index < -0.39 is 10.0 Å². The van der Waals surface area contributed by atoms with Crippen LogP contribution >= 0.6 is 0 Å². The van der Waals surface area contributed by atoms with Gasteiger partial charge in [-0.3, -0.25) is 0 Å². The molecule has 24 heavy (non-hydrogen) atoms. The summed E-state index contributed by atoms with van der Waals surface area (Å²) in [7, 11) is 1.71. The lowest BCUT2D eigenvalue weighted by Crippen LogP contribution is -2.39. The van der Waals surface area contributed by atoms with Crippen LogP contribution in [-0.4, -0.2) is 57.8 Å². The first-order valence-electron chi connectivity index (χ1n) is 8.33. The van der Waals surface area contributed by atoms with Gasteiger partial charge in [0.1, 0.15) is 0 Å². The molecule has 0 bridgehead atoms. The monoisotopic (exact) mass is 354 g/mol. The first kappa shape index (κ1) is 20.4. The predicted molar refractivity (Wildman–Crippen MR) is 99.7 cm³/mol. The minimum absolute atomic E-state index is 0.298. The number of hydrogen-bond donors (Lipinski definition) is 1. The molecule has 7 heteroatoms. The molecular weight excluding hydrogens is 324 g/mol. The van der Waals surface area contributed by atoms with Crippen LogP contribution in [0.25, 0.3) is 0 Å². The Morgan fingerprint density at radius 3 is 2.25 bits per heavy atom. The molecule has 1 aromatic rings. The van der Waals surface area contributed by atoms with Crippen molar-refractivity contribution >= 4 is 16.0 Å². The van der Waals surface area contributed by atoms with Crippen LogP contribution in [0.15, 0.2) is 34.2 Å². The molecule has 0 saturated carbocycles. The van der Waals surface area contributed by atoms with Gasteiger partial charge in [-0.25, -0.2) is 17.7 Å². The molecule has 0 aliphatic carbocycles. The van der Waals surface area contributed by atoms with E-state index in [0.717, 1.165) is 37.5 Å². The quantitative estimate of drug-likeness (QED) is 0.574. The Morgan fingerprint density at radius 2 is 1.75 bits per heavy atom. The van der Waals surface area contributed by atoms with Gasteiger partial charge in [0.05, 0.1) is 11.4 Å². The summed E-state index contributed by atoms with van der Waals surface area (Å²) in [6.07, 6.45) is 2.27. The summed E-state index contributed by atoms with van der Waals surface area (Å²) in [5.41, 5.74) is 0.979. The van der Waals surface area contributed by atoms with Crippen molar-refractivity contribution in [3.63, 3.8) is 0 Å². The van der Waals surface area contributed by atoms with Gasteiger partial charge >= 0.3 is 0 Å². The second kappa shape index (κ2) is 9.64. The number of sulfonamides is 1. The highest BCUT2D eigenvalue weighted by molar-refractivity contribution is 7.89. The number of nitrogens with zero attached hydrogens (tertiary/aromatic N) is 3. The van der Waals surface area contributed by atoms with Crippen LogP contribution in [0.3, 0.4) is 0 Å². The highest BCUT2D eigenvalue weighted by atomic mass is 32.2. The zero-order valence-electron chi connectivity index (χ0n) is 15.4. The summed E-state index contributed by atoms with van der Waals surface area (Å²) < 4.78 is 25.3. The number of unbranched alkanes of at least 4 members (excludes halogenated alkanes) is 1. The SMILES string of the molecule is CCCCN(C)C(=NCc1ccc(S(=O)(=O)N(C)C)cc1)NCC. The maximum absolute atomic E-state index is 12.1. The smallest absolute Gasteiger partial charge is 0.242 e. The summed E-state index contributed by atoms with van der Waals surface area (Å²) in [5.74, 6) is 0.871. The number of guanidine groups is 1. The van der Waals surface area contributed by atoms with Crippen LogP contribution in [0.1, 0.15) is 32.3 Å². The Kier molecular flexibility index (Phi) is 8.21. The molecule has 136 valence electrons. The van der Waals surface area contributed by atoms with Crippen LogP contribution in [0.4, 0.5) is 0 Å². The summed E-state index contributed by atoms with van der Waals surface area (Å²) in [6.45, 7) is 6.50. The Morgan fingerprint density at radius 1 is 1.12 bits per heavy atom. The van der Waals surface area contributed by atoms with Gasteiger partial charge in [0.2, 0.25) is 10.0 Å². The molecule has 0 aliphatic heterocycles. The van der Waals surface area contributed by atoms with Crippen molar-refractivity contribution in [2.45, 2.75) is 38.1 Å². The normalized spacial score (nSPS) is 12.5. The molecule has 1 aromatic carbocycles. The predicted octanol–water partition coefficient (Wildman–Crippen LogP) is 2.13. The summed E-state index contributed by atoms with van der Waals surface area (Å²) in [5, 5.41) is 3.29. The van der Waals surface area contributed by atoms with Crippen molar-refractivity contribution in [1.82, 2.24) is 14.5 Å². The zero-order chi connectivity index (χ0) is 18.2. The van der Waals surface area contributed by atoms with E-state index in [0.29, 0.717) is 11.4 Å². The Bertz CT molecular complexity index is 624. The van der Waals surface area contributed by atoms with E-state index in [4.69, 9.17) is 0 Å². The minimum Gasteiger partial charge on any atom is -0.357 e. The van der Waals surface area contributed by atoms with Gasteiger partial charge < -0.3 is 10.2 Å². The largest absolute Gasteiger partial charge is 0.357 e. The molecule has 0 heterocycles. The zero-order valence-corrected chi connectivity index (χ0v) is 16.2. The lowest BCUT2D eigenvalue weighted by Gasteiger charge is -2.21. The van der Waals surface area contributed by atoms with Crippen molar-refractivity contribution in [3.05, 3.63) is 29.8 Å². The molecule has 0 aliphatic rings. The summed E-state index contributed by atoms with van der Waals surface area (Å²) >= 11 is 0. The van der Waals surface area contributed by atoms with Crippen molar-refractivity contribution in [2.75, 3.05) is 34.2 Å². The molecule has 6 nitrogen and oxygen atoms in total. The number of hydrogen-bond acceptors (Lipinski definition) is 3. The van der Waals surface area contributed by atoms with E-state index in [9.17, 15) is 8.42 Å². The standard InChI is InChI=1S/C17H30N4O2S/c1-6-8-13-21(5)17(18-7-2)19-14-15-9-11-16(12-10-15)24(22,23)20(3)4/h9-12H,6-8,13-14H2,1-5H3,(H,18,19). The van der Waals surface area contributed by atoms with E-state index in [1.807, 2.05) is 26.1 Å². The number of aliphatic imine (C=N–C) groups is 1. The maximum atomic E-state index is 12.1. The van der Waals surface area contributed by atoms with Crippen molar-refractivity contribution in [2.24, 2.45) is 4.99 Å². The fourth-order valence-electron chi connectivity index (χ4n) is 2.11. The number of nitrogens with one attached hydrogen (secondary N) is 1. The summed E-state index contributed by atoms with van der Waals surface area (Å²) in [4.78, 5) is 7.06. The van der Waals surface area contributed by atoms with E-state index in [1.54, 1.807) is 12.1 Å². The fraction of sp³-hybridized carbons (Fsp3) is 0.588. The van der Waals surface area contributed by atoms with Gasteiger partial charge in [-0.1, -0.05) is 25.5 Å². The third kappa shape index (κ3) is 5.79. The first-order chi connectivity index (χ1) is 11.3. The third-order valence-electron chi connectivity index (χ3n) is 3.66. The van der Waals surface area contributed by atoms with E-state index in [-0.39, 0.29) is 0 Å². The molecule has 1 N–H and O–H groups in total. The van der Waals surface area contributed by atoms with Crippen LogP contribution < -0.4 is 5.32 Å². The van der Waals surface area contributed by atoms with E-state index in [1.165, 1.54) is 18.4 Å². The lowest BCUT2D eigenvalue weighted by molar-refractivity contribution is 0.465. The Hall–Kier alpha value is -1.60. The second-order valence-electron chi connectivity index (χ2n) is 5.88. The third-order valence-corrected chi connectivity index (χ3v) is 5.49. The highest BCUT2D eigenvalue weighted by Crippen LogP contribution is 2.14. The van der Waals surface area contributed by atoms with Gasteiger partial charge in [0.15, 0.2) is 5.96 Å². The van der Waals surface area contributed by atoms with Crippen LogP contribution in [0.5, 0.6) is 0 Å². The highest BCUT2D eigenvalue weighted by Gasteiger charge is 2.16. The number of benzene rings is 1. The van der Waals surface area contributed by atoms with Crippen LogP contribution in [-0.2, 0) is 16.6 Å². The van der Waals surface area contributed by atoms with E-state index >= 15 is 0 Å². The average Bonchev–Trinajstić information content (AvgIpc) is 2.56. The molecule has 0 unspecified atom stereocenters. The van der Waals surface area contributed by atoms with Gasteiger partial charge in [-0.15, -0.1) is 0 Å². The van der Waals surface area contributed by atoms with Gasteiger partial charge in [0, 0.05) is 34.2 Å². The van der Waals surface area contributed by atoms with Crippen LogP contribution in [0.2, 0.25) is 0 Å². The topological polar surface area (TPSA) is 65.0 Å². The van der Waals surface area contributed by atoms with Crippen molar-refractivity contribution in [3.8, 4) is 0 Å². The number of rotatable bonds is 8. The molecule has 0 saturated heterocycles. The first-order valence-corrected chi connectivity index (χ1v) is 9.77. The molecule has 0 fully saturated rings. The molecule has 0 aromatic heterocycles. The molecule has 0 atom stereocenters.